The molecule has 36 heavy (non-hydrogen) atoms. The van der Waals surface area contributed by atoms with E-state index in [2.05, 4.69) is 5.32 Å². The van der Waals surface area contributed by atoms with Gasteiger partial charge in [-0.3, -0.25) is 13.9 Å². The Bertz CT molecular complexity index is 1210. The number of nitrogens with one attached hydrogen (secondary N) is 1. The third-order valence-corrected chi connectivity index (χ3v) is 8.08. The largest absolute Gasteiger partial charge is 0.352 e. The Hall–Kier alpha value is -2.36. The van der Waals surface area contributed by atoms with Gasteiger partial charge in [0.2, 0.25) is 21.8 Å². The zero-order valence-corrected chi connectivity index (χ0v) is 22.5. The number of benzene rings is 2. The van der Waals surface area contributed by atoms with Gasteiger partial charge < -0.3 is 10.2 Å². The predicted molar refractivity (Wildman–Crippen MR) is 140 cm³/mol. The van der Waals surface area contributed by atoms with Crippen LogP contribution in [0.5, 0.6) is 0 Å². The summed E-state index contributed by atoms with van der Waals surface area (Å²) in [7, 11) is -3.94. The topological polar surface area (TPSA) is 86.8 Å². The summed E-state index contributed by atoms with van der Waals surface area (Å²) in [6.07, 6.45) is 5.08. The van der Waals surface area contributed by atoms with Crippen LogP contribution in [-0.2, 0) is 26.2 Å². The maximum absolute atomic E-state index is 13.9. The molecule has 1 unspecified atom stereocenters. The number of carbonyl (C=O) groups excluding carboxylic acids is 2. The lowest BCUT2D eigenvalue weighted by molar-refractivity contribution is -0.140. The molecule has 1 aliphatic carbocycles. The fraction of sp³-hybridized carbons (Fsp3) is 0.440. The third kappa shape index (κ3) is 7.33. The van der Waals surface area contributed by atoms with Crippen LogP contribution >= 0.6 is 23.2 Å². The van der Waals surface area contributed by atoms with Crippen molar-refractivity contribution in [2.24, 2.45) is 0 Å². The number of carbonyl (C=O) groups is 2. The number of anilines is 1. The lowest BCUT2D eigenvalue weighted by Crippen LogP contribution is -2.53. The van der Waals surface area contributed by atoms with E-state index in [1.165, 1.54) is 23.1 Å². The van der Waals surface area contributed by atoms with Gasteiger partial charge in [0.1, 0.15) is 18.4 Å². The van der Waals surface area contributed by atoms with Gasteiger partial charge >= 0.3 is 0 Å². The molecule has 3 rings (SSSR count). The molecule has 2 aromatic carbocycles. The Morgan fingerprint density at radius 2 is 1.81 bits per heavy atom. The molecule has 0 radical (unpaired) electrons. The molecule has 0 bridgehead atoms. The van der Waals surface area contributed by atoms with Crippen LogP contribution in [0.2, 0.25) is 10.0 Å². The molecule has 11 heteroatoms. The molecule has 1 N–H and O–H groups in total. The number of sulfonamides is 1. The molecule has 0 aromatic heterocycles. The van der Waals surface area contributed by atoms with Gasteiger partial charge in [-0.1, -0.05) is 55.1 Å². The van der Waals surface area contributed by atoms with Crippen molar-refractivity contribution in [3.8, 4) is 0 Å². The summed E-state index contributed by atoms with van der Waals surface area (Å²) in [6, 6.07) is 9.09. The number of amides is 2. The monoisotopic (exact) mass is 557 g/mol. The Labute approximate surface area is 221 Å². The van der Waals surface area contributed by atoms with Crippen LogP contribution in [-0.4, -0.2) is 50.0 Å². The summed E-state index contributed by atoms with van der Waals surface area (Å²) in [5.74, 6) is -1.54. The molecule has 1 aliphatic rings. The van der Waals surface area contributed by atoms with Crippen LogP contribution in [0.15, 0.2) is 42.5 Å². The van der Waals surface area contributed by atoms with Gasteiger partial charge in [0, 0.05) is 12.6 Å². The van der Waals surface area contributed by atoms with E-state index in [-0.39, 0.29) is 24.2 Å². The van der Waals surface area contributed by atoms with Gasteiger partial charge in [0.25, 0.3) is 0 Å². The minimum absolute atomic E-state index is 0.00701. The number of hydrogen-bond acceptors (Lipinski definition) is 4. The lowest BCUT2D eigenvalue weighted by Gasteiger charge is -2.33. The van der Waals surface area contributed by atoms with Gasteiger partial charge in [-0.05, 0) is 55.2 Å². The fourth-order valence-corrected chi connectivity index (χ4v) is 5.53. The van der Waals surface area contributed by atoms with E-state index >= 15 is 0 Å². The highest BCUT2D eigenvalue weighted by Gasteiger charge is 2.33. The molecule has 1 fully saturated rings. The molecular weight excluding hydrogens is 528 g/mol. The van der Waals surface area contributed by atoms with E-state index < -0.39 is 34.3 Å². The van der Waals surface area contributed by atoms with E-state index in [1.54, 1.807) is 25.1 Å². The van der Waals surface area contributed by atoms with E-state index in [0.29, 0.717) is 22.0 Å². The summed E-state index contributed by atoms with van der Waals surface area (Å²) in [5, 5.41) is 3.67. The minimum Gasteiger partial charge on any atom is -0.352 e. The average molecular weight is 559 g/mol. The second kappa shape index (κ2) is 12.3. The molecular formula is C25H30Cl2FN3O4S. The summed E-state index contributed by atoms with van der Waals surface area (Å²) < 4.78 is 39.8. The van der Waals surface area contributed by atoms with E-state index in [4.69, 9.17) is 23.2 Å². The van der Waals surface area contributed by atoms with Crippen LogP contribution in [0.1, 0.15) is 44.6 Å². The minimum atomic E-state index is -3.94. The Balaban J connectivity index is 1.94. The summed E-state index contributed by atoms with van der Waals surface area (Å²) >= 11 is 12.2. The third-order valence-electron chi connectivity index (χ3n) is 6.20. The Morgan fingerprint density at radius 1 is 1.11 bits per heavy atom. The van der Waals surface area contributed by atoms with Crippen molar-refractivity contribution in [2.75, 3.05) is 17.1 Å². The van der Waals surface area contributed by atoms with Crippen LogP contribution < -0.4 is 9.62 Å². The van der Waals surface area contributed by atoms with E-state index in [9.17, 15) is 22.4 Å². The van der Waals surface area contributed by atoms with Crippen molar-refractivity contribution in [2.45, 2.75) is 57.7 Å². The van der Waals surface area contributed by atoms with Crippen molar-refractivity contribution < 1.29 is 22.4 Å². The standard InChI is InChI=1S/C25H30Cl2FN3O4S/c1-3-23(25(33)29-19-8-4-5-9-19)30(15-17-11-12-21(26)22(27)13-17)24(32)16-31(36(2,34)35)20-10-6-7-18(28)14-20/h6-7,10-14,19,23H,3-5,8-9,15-16H2,1-2H3,(H,29,33). The van der Waals surface area contributed by atoms with Crippen LogP contribution in [0.25, 0.3) is 0 Å². The zero-order chi connectivity index (χ0) is 26.5. The Morgan fingerprint density at radius 3 is 2.39 bits per heavy atom. The highest BCUT2D eigenvalue weighted by molar-refractivity contribution is 7.92. The number of halogens is 3. The molecule has 0 heterocycles. The van der Waals surface area contributed by atoms with Gasteiger partial charge in [0.15, 0.2) is 0 Å². The zero-order valence-electron chi connectivity index (χ0n) is 20.2. The highest BCUT2D eigenvalue weighted by atomic mass is 35.5. The maximum Gasteiger partial charge on any atom is 0.244 e. The first kappa shape index (κ1) is 28.2. The average Bonchev–Trinajstić information content (AvgIpc) is 3.31. The second-order valence-electron chi connectivity index (χ2n) is 8.93. The number of rotatable bonds is 10. The first-order valence-corrected chi connectivity index (χ1v) is 14.4. The van der Waals surface area contributed by atoms with Crippen molar-refractivity contribution >= 4 is 50.7 Å². The molecule has 0 aliphatic heterocycles. The van der Waals surface area contributed by atoms with E-state index in [0.717, 1.165) is 42.3 Å². The van der Waals surface area contributed by atoms with E-state index in [1.807, 2.05) is 0 Å². The summed E-state index contributed by atoms with van der Waals surface area (Å²) in [4.78, 5) is 28.2. The first-order chi connectivity index (χ1) is 17.0. The molecule has 7 nitrogen and oxygen atoms in total. The van der Waals surface area contributed by atoms with Crippen molar-refractivity contribution in [1.82, 2.24) is 10.2 Å². The van der Waals surface area contributed by atoms with Crippen LogP contribution in [0, 0.1) is 5.82 Å². The van der Waals surface area contributed by atoms with Gasteiger partial charge in [-0.25, -0.2) is 12.8 Å². The van der Waals surface area contributed by atoms with Crippen molar-refractivity contribution in [3.05, 3.63) is 63.9 Å². The molecule has 0 saturated heterocycles. The fourth-order valence-electron chi connectivity index (χ4n) is 4.37. The van der Waals surface area contributed by atoms with Crippen LogP contribution in [0.4, 0.5) is 10.1 Å². The molecule has 2 amide bonds. The smallest absolute Gasteiger partial charge is 0.244 e. The maximum atomic E-state index is 13.9. The number of hydrogen-bond donors (Lipinski definition) is 1. The SMILES string of the molecule is CCC(C(=O)NC1CCCC1)N(Cc1ccc(Cl)c(Cl)c1)C(=O)CN(c1cccc(F)c1)S(C)(=O)=O. The summed E-state index contributed by atoms with van der Waals surface area (Å²) in [6.45, 7) is 1.19. The van der Waals surface area contributed by atoms with Crippen molar-refractivity contribution in [1.29, 1.82) is 0 Å². The quantitative estimate of drug-likeness (QED) is 0.456. The molecule has 196 valence electrons. The molecule has 1 saturated carbocycles. The lowest BCUT2D eigenvalue weighted by atomic mass is 10.1. The van der Waals surface area contributed by atoms with Gasteiger partial charge in [0.05, 0.1) is 22.0 Å². The van der Waals surface area contributed by atoms with Crippen molar-refractivity contribution in [3.63, 3.8) is 0 Å². The summed E-state index contributed by atoms with van der Waals surface area (Å²) in [5.41, 5.74) is 0.644. The van der Waals surface area contributed by atoms with Crippen LogP contribution in [0.3, 0.4) is 0 Å². The van der Waals surface area contributed by atoms with Gasteiger partial charge in [-0.15, -0.1) is 0 Å². The predicted octanol–water partition coefficient (Wildman–Crippen LogP) is 4.76. The Kier molecular flexibility index (Phi) is 9.60. The molecule has 2 aromatic rings. The normalized spacial score (nSPS) is 14.9. The highest BCUT2D eigenvalue weighted by Crippen LogP contribution is 2.25. The number of nitrogens with zero attached hydrogens (tertiary/aromatic N) is 2. The second-order valence-corrected chi connectivity index (χ2v) is 11.7. The first-order valence-electron chi connectivity index (χ1n) is 11.8. The van der Waals surface area contributed by atoms with Gasteiger partial charge in [-0.2, -0.15) is 0 Å². The molecule has 1 atom stereocenters. The molecule has 0 spiro atoms.